The predicted octanol–water partition coefficient (Wildman–Crippen LogP) is -7.19. The number of hydrogen-bond acceptors (Lipinski definition) is 18. The number of aromatic nitrogens is 2. The summed E-state index contributed by atoms with van der Waals surface area (Å²) in [6.07, 6.45) is 2.12. The Hall–Kier alpha value is -9.18. The van der Waals surface area contributed by atoms with Crippen LogP contribution in [0.2, 0.25) is 0 Å². The first-order chi connectivity index (χ1) is 40.2. The zero-order chi connectivity index (χ0) is 63.5. The van der Waals surface area contributed by atoms with E-state index in [1.807, 2.05) is 0 Å². The number of aliphatic carboxylic acids is 2. The minimum Gasteiger partial charge on any atom is -0.508 e. The highest BCUT2D eigenvalue weighted by Crippen LogP contribution is 2.21. The molecule has 0 unspecified atom stereocenters. The first kappa shape index (κ1) is 70.1. The lowest BCUT2D eigenvalue weighted by molar-refractivity contribution is -0.145. The molecule has 0 saturated carbocycles. The molecule has 34 heteroatoms. The number of nitrogens with two attached hydrogens (primary N) is 5. The lowest BCUT2D eigenvalue weighted by atomic mass is 9.96. The van der Waals surface area contributed by atoms with E-state index in [0.29, 0.717) is 17.7 Å². The fourth-order valence-electron chi connectivity index (χ4n) is 8.57. The number of aromatic hydroxyl groups is 1. The molecule has 3 rings (SSSR count). The van der Waals surface area contributed by atoms with Crippen molar-refractivity contribution in [2.75, 3.05) is 32.8 Å². The molecule has 24 N–H and O–H groups in total. The van der Waals surface area contributed by atoms with Crippen molar-refractivity contribution < 1.29 is 78.3 Å². The molecular formula is C51H80N18O16. The van der Waals surface area contributed by atoms with E-state index in [0.717, 1.165) is 0 Å². The molecule has 0 aliphatic carbocycles. The molecule has 2 heterocycles. The van der Waals surface area contributed by atoms with Gasteiger partial charge >= 0.3 is 11.9 Å². The number of aliphatic imine (C=N–C) groups is 2. The van der Waals surface area contributed by atoms with Gasteiger partial charge in [-0.25, -0.2) is 9.78 Å². The van der Waals surface area contributed by atoms with E-state index >= 15 is 0 Å². The number of nitrogens with zero attached hydrogens (tertiary/aromatic N) is 4. The lowest BCUT2D eigenvalue weighted by Gasteiger charge is -2.30. The SMILES string of the molecule is CC[C@H](C)[C@H](NC(=O)[C@H](Cc1ccc(O)cc1)NC(=O)[C@H](CO)NC(=O)[C@H](CC(=O)O)NC(=O)[C@@H](N)CO)C(=O)N[C@@H](Cc1cnc[nH]1)C(=O)N[C@@H](C)C(=O)N[C@@H](CCCN=C(N)N)C(=O)N1CCC[C@H]1C(=O)N[C@@H](CCCN=C(N)N)C(=O)O. The Morgan fingerprint density at radius 2 is 1.21 bits per heavy atom. The fourth-order valence-corrected chi connectivity index (χ4v) is 8.57. The summed E-state index contributed by atoms with van der Waals surface area (Å²) >= 11 is 0. The van der Waals surface area contributed by atoms with Gasteiger partial charge in [0.15, 0.2) is 11.9 Å². The summed E-state index contributed by atoms with van der Waals surface area (Å²) in [6.45, 7) is 2.83. The van der Waals surface area contributed by atoms with Gasteiger partial charge in [-0.3, -0.25) is 57.9 Å². The van der Waals surface area contributed by atoms with Crippen molar-refractivity contribution >= 4 is 77.0 Å². The van der Waals surface area contributed by atoms with E-state index < -0.39 is 151 Å². The summed E-state index contributed by atoms with van der Waals surface area (Å²) in [5.41, 5.74) is 27.9. The van der Waals surface area contributed by atoms with Gasteiger partial charge in [-0.05, 0) is 69.1 Å². The Morgan fingerprint density at radius 1 is 0.671 bits per heavy atom. The van der Waals surface area contributed by atoms with Gasteiger partial charge in [0.25, 0.3) is 0 Å². The Bertz CT molecular complexity index is 2670. The average molecular weight is 1200 g/mol. The van der Waals surface area contributed by atoms with Gasteiger partial charge < -0.3 is 107 Å². The fraction of sp³-hybridized carbons (Fsp3) is 0.569. The number of carbonyl (C=O) groups is 11. The van der Waals surface area contributed by atoms with Gasteiger partial charge in [0.05, 0.1) is 26.0 Å². The highest BCUT2D eigenvalue weighted by molar-refractivity contribution is 5.99. The van der Waals surface area contributed by atoms with Crippen LogP contribution in [0.3, 0.4) is 0 Å². The van der Waals surface area contributed by atoms with Gasteiger partial charge in [0.1, 0.15) is 66.2 Å². The second kappa shape index (κ2) is 35.1. The van der Waals surface area contributed by atoms with E-state index in [1.165, 1.54) is 48.6 Å². The first-order valence-corrected chi connectivity index (χ1v) is 27.2. The van der Waals surface area contributed by atoms with Crippen LogP contribution in [-0.2, 0) is 65.6 Å². The Labute approximate surface area is 488 Å². The topological polar surface area (TPSA) is 572 Å². The molecule has 1 fully saturated rings. The molecule has 470 valence electrons. The molecule has 34 nitrogen and oxygen atoms in total. The average Bonchev–Trinajstić information content (AvgIpc) is 3.85. The van der Waals surface area contributed by atoms with Crippen LogP contribution in [0.15, 0.2) is 46.8 Å². The number of aliphatic hydroxyl groups is 2. The van der Waals surface area contributed by atoms with Crippen molar-refractivity contribution in [1.82, 2.24) is 57.4 Å². The number of nitrogens with one attached hydrogen (secondary N) is 9. The minimum absolute atomic E-state index is 0.0330. The second-order valence-electron chi connectivity index (χ2n) is 20.1. The Morgan fingerprint density at radius 3 is 1.76 bits per heavy atom. The summed E-state index contributed by atoms with van der Waals surface area (Å²) in [5.74, 6) is -12.9. The van der Waals surface area contributed by atoms with E-state index in [4.69, 9.17) is 28.7 Å². The molecule has 0 spiro atoms. The van der Waals surface area contributed by atoms with Crippen LogP contribution >= 0.6 is 0 Å². The number of rotatable bonds is 36. The smallest absolute Gasteiger partial charge is 0.326 e. The monoisotopic (exact) mass is 1200 g/mol. The van der Waals surface area contributed by atoms with Gasteiger partial charge in [0.2, 0.25) is 53.2 Å². The number of carboxylic acid groups (broad SMARTS) is 2. The predicted molar refractivity (Wildman–Crippen MR) is 301 cm³/mol. The number of imidazole rings is 1. The molecule has 11 atom stereocenters. The number of hydrogen-bond donors (Lipinski definition) is 19. The van der Waals surface area contributed by atoms with E-state index in [9.17, 15) is 78.3 Å². The van der Waals surface area contributed by atoms with Crippen LogP contribution in [0.25, 0.3) is 0 Å². The maximum absolute atomic E-state index is 14.5. The molecule has 1 aromatic heterocycles. The molecule has 0 bridgehead atoms. The molecule has 1 aliphatic heterocycles. The number of aromatic amines is 1. The zero-order valence-electron chi connectivity index (χ0n) is 47.3. The second-order valence-corrected chi connectivity index (χ2v) is 20.1. The summed E-state index contributed by atoms with van der Waals surface area (Å²) in [4.78, 5) is 164. The van der Waals surface area contributed by atoms with Crippen LogP contribution < -0.4 is 71.2 Å². The summed E-state index contributed by atoms with van der Waals surface area (Å²) in [5, 5.41) is 68.2. The largest absolute Gasteiger partial charge is 0.508 e. The zero-order valence-corrected chi connectivity index (χ0v) is 47.3. The van der Waals surface area contributed by atoms with Crippen LogP contribution in [0, 0.1) is 5.92 Å². The number of phenols is 1. The minimum atomic E-state index is -1.87. The molecular weight excluding hydrogens is 1120 g/mol. The number of H-pyrrole nitrogens is 1. The van der Waals surface area contributed by atoms with Crippen LogP contribution in [0.5, 0.6) is 5.75 Å². The van der Waals surface area contributed by atoms with Crippen molar-refractivity contribution in [3.63, 3.8) is 0 Å². The van der Waals surface area contributed by atoms with Crippen molar-refractivity contribution in [1.29, 1.82) is 0 Å². The maximum atomic E-state index is 14.5. The van der Waals surface area contributed by atoms with Crippen LogP contribution in [-0.4, -0.2) is 211 Å². The molecule has 2 aromatic rings. The molecule has 9 amide bonds. The number of amides is 9. The number of likely N-dealkylation sites (tertiary alicyclic amines) is 1. The number of carboxylic acids is 2. The maximum Gasteiger partial charge on any atom is 0.326 e. The lowest BCUT2D eigenvalue weighted by Crippen LogP contribution is -2.62. The van der Waals surface area contributed by atoms with Gasteiger partial charge in [-0.1, -0.05) is 32.4 Å². The quantitative estimate of drug-likeness (QED) is 0.0171. The number of aliphatic hydroxyl groups excluding tert-OH is 2. The number of benzene rings is 1. The highest BCUT2D eigenvalue weighted by Gasteiger charge is 2.40. The number of carbonyl (C=O) groups excluding carboxylic acids is 9. The Balaban J connectivity index is 1.88. The normalized spacial score (nSPS) is 16.3. The number of phenolic OH excluding ortho intramolecular Hbond substituents is 1. The van der Waals surface area contributed by atoms with E-state index in [2.05, 4.69) is 62.5 Å². The van der Waals surface area contributed by atoms with Crippen molar-refractivity contribution in [2.24, 2.45) is 44.6 Å². The molecule has 0 radical (unpaired) electrons. The molecule has 85 heavy (non-hydrogen) atoms. The third-order valence-electron chi connectivity index (χ3n) is 13.5. The van der Waals surface area contributed by atoms with Gasteiger partial charge in [0, 0.05) is 44.4 Å². The van der Waals surface area contributed by atoms with Crippen molar-refractivity contribution in [3.8, 4) is 5.75 Å². The molecule has 1 saturated heterocycles. The van der Waals surface area contributed by atoms with E-state index in [-0.39, 0.29) is 88.7 Å². The summed E-state index contributed by atoms with van der Waals surface area (Å²) in [7, 11) is 0. The van der Waals surface area contributed by atoms with Crippen LogP contribution in [0.4, 0.5) is 0 Å². The van der Waals surface area contributed by atoms with Gasteiger partial charge in [-0.2, -0.15) is 0 Å². The molecule has 1 aliphatic rings. The van der Waals surface area contributed by atoms with Crippen molar-refractivity contribution in [2.45, 2.75) is 145 Å². The number of guanidine groups is 2. The third kappa shape index (κ3) is 23.5. The standard InChI is InChI=1S/C51H80N18O16/c1-4-25(2)39(68-44(79)33(18-27-11-13-29(72)14-12-27)65-45(80)36(23-71)67-43(78)35(20-38(73)74)64-41(76)30(52)22-70)47(82)66-34(19-28-21-57-24-60-28)42(77)61-26(3)40(75)62-31(8-5-15-58-50(53)54)48(83)69-17-7-10-37(69)46(81)63-32(49(84)85)9-6-16-59-51(55)56/h11-14,21,24-26,30-37,39,70-72H,4-10,15-20,22-23,52H2,1-3H3,(H,57,60)(H,61,77)(H,62,75)(H,63,81)(H,64,76)(H,65,80)(H,66,82)(H,67,78)(H,68,79)(H,73,74)(H,84,85)(H4,53,54,58)(H4,55,56,59)/t25-,26-,30-,31-,32-,33-,34-,35-,36-,37-,39-/m0/s1. The molecule has 1 aromatic carbocycles. The van der Waals surface area contributed by atoms with E-state index in [1.54, 1.807) is 13.8 Å². The van der Waals surface area contributed by atoms with Crippen LogP contribution in [0.1, 0.15) is 83.4 Å². The van der Waals surface area contributed by atoms with Crippen molar-refractivity contribution in [3.05, 3.63) is 48.0 Å². The first-order valence-electron chi connectivity index (χ1n) is 27.2. The third-order valence-corrected chi connectivity index (χ3v) is 13.5. The Kier molecular flexibility index (Phi) is 28.9. The summed E-state index contributed by atoms with van der Waals surface area (Å²) in [6, 6.07) is -9.61. The van der Waals surface area contributed by atoms with Gasteiger partial charge in [-0.15, -0.1) is 0 Å². The highest BCUT2D eigenvalue weighted by atomic mass is 16.4. The summed E-state index contributed by atoms with van der Waals surface area (Å²) < 4.78 is 0.